The molecule has 0 aliphatic carbocycles. The quantitative estimate of drug-likeness (QED) is 0.419. The van der Waals surface area contributed by atoms with Gasteiger partial charge in [0.2, 0.25) is 0 Å². The van der Waals surface area contributed by atoms with E-state index < -0.39 is 0 Å². The molecule has 0 aromatic heterocycles. The lowest BCUT2D eigenvalue weighted by molar-refractivity contribution is -0.121. The third kappa shape index (κ3) is 4.13. The van der Waals surface area contributed by atoms with Gasteiger partial charge in [0.1, 0.15) is 4.32 Å². The highest BCUT2D eigenvalue weighted by Crippen LogP contribution is 2.32. The van der Waals surface area contributed by atoms with E-state index in [1.165, 1.54) is 11.8 Å². The van der Waals surface area contributed by atoms with Crippen molar-refractivity contribution in [1.29, 1.82) is 0 Å². The lowest BCUT2D eigenvalue weighted by Gasteiger charge is -2.16. The van der Waals surface area contributed by atoms with E-state index in [1.807, 2.05) is 60.7 Å². The van der Waals surface area contributed by atoms with Gasteiger partial charge in [0.25, 0.3) is 5.91 Å². The van der Waals surface area contributed by atoms with Crippen molar-refractivity contribution in [2.45, 2.75) is 0 Å². The third-order valence-electron chi connectivity index (χ3n) is 3.24. The number of halogens is 1. The molecular formula is C17H13IN2OS2. The number of thioether (sulfide) groups is 1. The molecule has 23 heavy (non-hydrogen) atoms. The van der Waals surface area contributed by atoms with Crippen molar-refractivity contribution >= 4 is 68.6 Å². The van der Waals surface area contributed by atoms with Crippen molar-refractivity contribution in [3.63, 3.8) is 0 Å². The number of benzene rings is 2. The van der Waals surface area contributed by atoms with Crippen LogP contribution >= 0.6 is 46.6 Å². The minimum atomic E-state index is -0.0537. The molecule has 1 N–H and O–H groups in total. The predicted molar refractivity (Wildman–Crippen MR) is 109 cm³/mol. The molecule has 1 fully saturated rings. The Kier molecular flexibility index (Phi) is 5.34. The van der Waals surface area contributed by atoms with Gasteiger partial charge < -0.3 is 5.32 Å². The summed E-state index contributed by atoms with van der Waals surface area (Å²) in [7, 11) is 0. The first-order valence-electron chi connectivity index (χ1n) is 6.93. The van der Waals surface area contributed by atoms with Crippen LogP contribution in [-0.2, 0) is 4.79 Å². The molecule has 0 radical (unpaired) electrons. The van der Waals surface area contributed by atoms with Crippen LogP contribution in [0.1, 0.15) is 5.56 Å². The van der Waals surface area contributed by atoms with Gasteiger partial charge in [-0.05, 0) is 52.4 Å². The Morgan fingerprint density at radius 3 is 2.70 bits per heavy atom. The fourth-order valence-electron chi connectivity index (χ4n) is 2.11. The number of amides is 1. The number of hydrogen-bond donors (Lipinski definition) is 1. The number of nitrogens with zero attached hydrogens (tertiary/aromatic N) is 1. The number of anilines is 1. The molecule has 1 saturated heterocycles. The molecule has 6 heteroatoms. The molecule has 1 aliphatic rings. The monoisotopic (exact) mass is 452 g/mol. The maximum atomic E-state index is 12.5. The molecule has 2 aromatic carbocycles. The van der Waals surface area contributed by atoms with Crippen LogP contribution in [-0.4, -0.2) is 21.8 Å². The van der Waals surface area contributed by atoms with Gasteiger partial charge in [-0.2, -0.15) is 0 Å². The second-order valence-corrected chi connectivity index (χ2v) is 7.79. The van der Waals surface area contributed by atoms with Gasteiger partial charge in [0.05, 0.1) is 11.6 Å². The molecule has 0 bridgehead atoms. The van der Waals surface area contributed by atoms with Crippen molar-refractivity contribution in [3.05, 3.63) is 68.6 Å². The van der Waals surface area contributed by atoms with Crippen molar-refractivity contribution in [3.8, 4) is 0 Å². The van der Waals surface area contributed by atoms with Gasteiger partial charge in [-0.25, -0.2) is 0 Å². The van der Waals surface area contributed by atoms with Crippen LogP contribution in [0.3, 0.4) is 0 Å². The summed E-state index contributed by atoms with van der Waals surface area (Å²) in [5, 5.41) is 3.24. The number of hydrogen-bond acceptors (Lipinski definition) is 4. The maximum Gasteiger partial charge on any atom is 0.267 e. The minimum absolute atomic E-state index is 0.0537. The lowest BCUT2D eigenvalue weighted by Crippen LogP contribution is -2.33. The van der Waals surface area contributed by atoms with E-state index in [9.17, 15) is 4.79 Å². The third-order valence-corrected chi connectivity index (χ3v) is 5.29. The summed E-state index contributed by atoms with van der Waals surface area (Å²) < 4.78 is 1.72. The van der Waals surface area contributed by atoms with Crippen LogP contribution in [0.5, 0.6) is 0 Å². The Morgan fingerprint density at radius 2 is 1.96 bits per heavy atom. The molecule has 0 saturated carbocycles. The SMILES string of the molecule is O=C1/C(=C\c2ccccc2)SC(=S)N1CNc1cccc(I)c1. The van der Waals surface area contributed by atoms with Crippen LogP contribution in [0.2, 0.25) is 0 Å². The van der Waals surface area contributed by atoms with E-state index in [0.717, 1.165) is 14.8 Å². The minimum Gasteiger partial charge on any atom is -0.367 e. The van der Waals surface area contributed by atoms with E-state index >= 15 is 0 Å². The van der Waals surface area contributed by atoms with E-state index in [-0.39, 0.29) is 5.91 Å². The van der Waals surface area contributed by atoms with Gasteiger partial charge in [-0.15, -0.1) is 0 Å². The Morgan fingerprint density at radius 1 is 1.17 bits per heavy atom. The van der Waals surface area contributed by atoms with Gasteiger partial charge in [-0.3, -0.25) is 9.69 Å². The molecule has 1 amide bonds. The van der Waals surface area contributed by atoms with Crippen molar-refractivity contribution in [2.75, 3.05) is 12.0 Å². The van der Waals surface area contributed by atoms with E-state index in [2.05, 4.69) is 27.9 Å². The summed E-state index contributed by atoms with van der Waals surface area (Å²) in [6, 6.07) is 17.8. The maximum absolute atomic E-state index is 12.5. The van der Waals surface area contributed by atoms with Crippen LogP contribution in [0, 0.1) is 3.57 Å². The Bertz CT molecular complexity index is 777. The average molecular weight is 452 g/mol. The van der Waals surface area contributed by atoms with E-state index in [4.69, 9.17) is 12.2 Å². The van der Waals surface area contributed by atoms with E-state index in [1.54, 1.807) is 4.90 Å². The average Bonchev–Trinajstić information content (AvgIpc) is 2.80. The second kappa shape index (κ2) is 7.46. The summed E-state index contributed by atoms with van der Waals surface area (Å²) in [6.07, 6.45) is 1.88. The Balaban J connectivity index is 1.70. The second-order valence-electron chi connectivity index (χ2n) is 4.87. The zero-order valence-corrected chi connectivity index (χ0v) is 15.8. The first-order chi connectivity index (χ1) is 11.1. The number of nitrogens with one attached hydrogen (secondary N) is 1. The lowest BCUT2D eigenvalue weighted by atomic mass is 10.2. The summed E-state index contributed by atoms with van der Waals surface area (Å²) in [6.45, 7) is 0.372. The van der Waals surface area contributed by atoms with Crippen molar-refractivity contribution in [2.24, 2.45) is 0 Å². The highest BCUT2D eigenvalue weighted by molar-refractivity contribution is 14.1. The zero-order chi connectivity index (χ0) is 16.2. The molecule has 0 atom stereocenters. The van der Waals surface area contributed by atoms with Crippen molar-refractivity contribution < 1.29 is 4.79 Å². The first-order valence-corrected chi connectivity index (χ1v) is 9.24. The first kappa shape index (κ1) is 16.5. The highest BCUT2D eigenvalue weighted by atomic mass is 127. The molecule has 2 aromatic rings. The largest absolute Gasteiger partial charge is 0.367 e. The number of carbonyl (C=O) groups is 1. The van der Waals surface area contributed by atoms with Gasteiger partial charge in [0.15, 0.2) is 0 Å². The molecule has 0 unspecified atom stereocenters. The smallest absolute Gasteiger partial charge is 0.267 e. The Hall–Kier alpha value is -1.38. The van der Waals surface area contributed by atoms with Gasteiger partial charge in [-0.1, -0.05) is 60.4 Å². The van der Waals surface area contributed by atoms with Crippen LogP contribution in [0.25, 0.3) is 6.08 Å². The van der Waals surface area contributed by atoms with Crippen LogP contribution in [0.4, 0.5) is 5.69 Å². The molecule has 116 valence electrons. The molecule has 1 aliphatic heterocycles. The molecule has 1 heterocycles. The highest BCUT2D eigenvalue weighted by Gasteiger charge is 2.31. The Labute approximate surface area is 158 Å². The summed E-state index contributed by atoms with van der Waals surface area (Å²) in [4.78, 5) is 14.8. The molecule has 0 spiro atoms. The van der Waals surface area contributed by atoms with Crippen LogP contribution < -0.4 is 5.32 Å². The topological polar surface area (TPSA) is 32.3 Å². The number of carbonyl (C=O) groups excluding carboxylic acids is 1. The normalized spacial score (nSPS) is 16.2. The van der Waals surface area contributed by atoms with Crippen molar-refractivity contribution in [1.82, 2.24) is 4.90 Å². The molecular weight excluding hydrogens is 439 g/mol. The fourth-order valence-corrected chi connectivity index (χ4v) is 3.90. The van der Waals surface area contributed by atoms with E-state index in [0.29, 0.717) is 15.9 Å². The molecule has 3 nitrogen and oxygen atoms in total. The summed E-state index contributed by atoms with van der Waals surface area (Å²) in [5.74, 6) is -0.0537. The fraction of sp³-hybridized carbons (Fsp3) is 0.0588. The number of rotatable bonds is 4. The summed E-state index contributed by atoms with van der Waals surface area (Å²) >= 11 is 8.94. The zero-order valence-electron chi connectivity index (χ0n) is 12.0. The number of thiocarbonyl (C=S) groups is 1. The standard InChI is InChI=1S/C17H13IN2OS2/c18-13-7-4-8-14(10-13)19-11-20-16(21)15(23-17(20)22)9-12-5-2-1-3-6-12/h1-10,19H,11H2/b15-9+. The predicted octanol–water partition coefficient (Wildman–Crippen LogP) is 4.56. The molecule has 3 rings (SSSR count). The van der Waals surface area contributed by atoms with Gasteiger partial charge >= 0.3 is 0 Å². The summed E-state index contributed by atoms with van der Waals surface area (Å²) in [5.41, 5.74) is 1.97. The van der Waals surface area contributed by atoms with Gasteiger partial charge in [0, 0.05) is 9.26 Å². The van der Waals surface area contributed by atoms with Crippen LogP contribution in [0.15, 0.2) is 59.5 Å².